The van der Waals surface area contributed by atoms with E-state index >= 15 is 0 Å². The largest absolute Gasteiger partial charge is 0.507 e. The van der Waals surface area contributed by atoms with Crippen molar-refractivity contribution in [2.24, 2.45) is 0 Å². The number of hydrogen-bond donors (Lipinski definition) is 1. The number of carbonyl (C=O) groups is 1. The van der Waals surface area contributed by atoms with Gasteiger partial charge in [-0.15, -0.1) is 0 Å². The van der Waals surface area contributed by atoms with Gasteiger partial charge in [-0.25, -0.2) is 4.98 Å². The number of benzene rings is 2. The Hall–Kier alpha value is -3.25. The van der Waals surface area contributed by atoms with Gasteiger partial charge in [0.25, 0.3) is 5.56 Å². The fourth-order valence-electron chi connectivity index (χ4n) is 3.17. The minimum absolute atomic E-state index is 0.0246. The molecule has 0 saturated heterocycles. The fourth-order valence-corrected chi connectivity index (χ4v) is 4.19. The van der Waals surface area contributed by atoms with E-state index in [0.717, 1.165) is 5.56 Å². The molecule has 0 spiro atoms. The summed E-state index contributed by atoms with van der Waals surface area (Å²) in [6.45, 7) is 1.79. The molecule has 0 saturated carbocycles. The molecule has 0 amide bonds. The van der Waals surface area contributed by atoms with Crippen LogP contribution in [0.1, 0.15) is 27.3 Å². The highest BCUT2D eigenvalue weighted by Gasteiger charge is 2.17. The van der Waals surface area contributed by atoms with Gasteiger partial charge in [0.05, 0.1) is 16.0 Å². The Kier molecular flexibility index (Phi) is 4.79. The minimum atomic E-state index is -0.273. The normalized spacial score (nSPS) is 11.0. The minimum Gasteiger partial charge on any atom is -0.507 e. The molecule has 140 valence electrons. The summed E-state index contributed by atoms with van der Waals surface area (Å²) in [5, 5.41) is 11.3. The first-order valence-corrected chi connectivity index (χ1v) is 9.74. The van der Waals surface area contributed by atoms with E-state index in [1.807, 2.05) is 30.3 Å². The molecule has 0 fully saturated rings. The van der Waals surface area contributed by atoms with Gasteiger partial charge >= 0.3 is 0 Å². The number of nitrogens with zero attached hydrogens (tertiary/aromatic N) is 2. The number of phenols is 1. The van der Waals surface area contributed by atoms with Gasteiger partial charge in [-0.1, -0.05) is 47.7 Å². The number of phenolic OH excluding ortho intramolecular Hbond substituents is 1. The van der Waals surface area contributed by atoms with Crippen LogP contribution in [0.25, 0.3) is 15.9 Å². The summed E-state index contributed by atoms with van der Waals surface area (Å²) < 4.78 is 1.42. The van der Waals surface area contributed by atoms with Crippen molar-refractivity contribution in [3.8, 4) is 10.9 Å². The zero-order valence-corrected chi connectivity index (χ0v) is 16.1. The number of pyridine rings is 1. The van der Waals surface area contributed by atoms with E-state index in [1.165, 1.54) is 15.9 Å². The molecule has 28 heavy (non-hydrogen) atoms. The first kappa shape index (κ1) is 18.1. The van der Waals surface area contributed by atoms with Gasteiger partial charge in [0.15, 0.2) is 10.9 Å². The van der Waals surface area contributed by atoms with Crippen molar-refractivity contribution in [1.29, 1.82) is 0 Å². The smallest absolute Gasteiger partial charge is 0.264 e. The fraction of sp³-hybridized carbons (Fsp3) is 0.136. The Morgan fingerprint density at radius 2 is 1.86 bits per heavy atom. The highest BCUT2D eigenvalue weighted by atomic mass is 32.1. The van der Waals surface area contributed by atoms with Crippen LogP contribution in [0.3, 0.4) is 0 Å². The van der Waals surface area contributed by atoms with Gasteiger partial charge in [0.1, 0.15) is 5.75 Å². The summed E-state index contributed by atoms with van der Waals surface area (Å²) in [6, 6.07) is 16.4. The summed E-state index contributed by atoms with van der Waals surface area (Å²) in [4.78, 5) is 30.5. The number of aromatic hydroxyl groups is 1. The van der Waals surface area contributed by atoms with Crippen molar-refractivity contribution in [1.82, 2.24) is 9.55 Å². The third-order valence-corrected chi connectivity index (χ3v) is 5.85. The third-order valence-electron chi connectivity index (χ3n) is 4.65. The monoisotopic (exact) mass is 390 g/mol. The average Bonchev–Trinajstić information content (AvgIpc) is 3.09. The molecule has 0 atom stereocenters. The molecule has 1 N–H and O–H groups in total. The molecule has 0 aliphatic rings. The van der Waals surface area contributed by atoms with Crippen LogP contribution in [0.15, 0.2) is 65.6 Å². The molecular weight excluding hydrogens is 372 g/mol. The number of aryl methyl sites for hydroxylation is 2. The van der Waals surface area contributed by atoms with Crippen LogP contribution in [0.5, 0.6) is 5.75 Å². The van der Waals surface area contributed by atoms with E-state index in [2.05, 4.69) is 4.98 Å². The molecule has 6 heteroatoms. The Labute approximate surface area is 165 Å². The SMILES string of the molecule is Cc1nc(-n2ccc3c(O)cccc3c2=O)sc1C(=O)CCc1ccccc1. The average molecular weight is 390 g/mol. The van der Waals surface area contributed by atoms with Gasteiger partial charge in [0.2, 0.25) is 0 Å². The predicted octanol–water partition coefficient (Wildman–Crippen LogP) is 4.28. The van der Waals surface area contributed by atoms with Crippen LogP contribution in [-0.4, -0.2) is 20.4 Å². The predicted molar refractivity (Wildman–Crippen MR) is 111 cm³/mol. The molecule has 0 radical (unpaired) electrons. The van der Waals surface area contributed by atoms with Crippen molar-refractivity contribution in [3.05, 3.63) is 87.3 Å². The lowest BCUT2D eigenvalue weighted by atomic mass is 10.1. The highest BCUT2D eigenvalue weighted by molar-refractivity contribution is 7.16. The topological polar surface area (TPSA) is 72.2 Å². The molecule has 0 aliphatic carbocycles. The van der Waals surface area contributed by atoms with Gasteiger partial charge in [-0.3, -0.25) is 14.2 Å². The van der Waals surface area contributed by atoms with E-state index in [9.17, 15) is 14.7 Å². The van der Waals surface area contributed by atoms with Crippen molar-refractivity contribution in [2.45, 2.75) is 19.8 Å². The molecular formula is C22H18N2O3S. The summed E-state index contributed by atoms with van der Waals surface area (Å²) in [6.07, 6.45) is 2.65. The Bertz CT molecular complexity index is 1230. The van der Waals surface area contributed by atoms with Crippen LogP contribution in [0, 0.1) is 6.92 Å². The molecule has 5 nitrogen and oxygen atoms in total. The maximum atomic E-state index is 12.8. The number of carbonyl (C=O) groups excluding carboxylic acids is 1. The van der Waals surface area contributed by atoms with E-state index in [0.29, 0.717) is 39.3 Å². The quantitative estimate of drug-likeness (QED) is 0.516. The number of rotatable bonds is 5. The standard InChI is InChI=1S/C22H18N2O3S/c1-14-20(19(26)11-10-15-6-3-2-4-7-15)28-22(23-14)24-13-12-16-17(21(24)27)8-5-9-18(16)25/h2-9,12-13,25H,10-11H2,1H3. The van der Waals surface area contributed by atoms with Crippen LogP contribution < -0.4 is 5.56 Å². The number of fused-ring (bicyclic) bond motifs is 1. The van der Waals surface area contributed by atoms with Crippen LogP contribution in [-0.2, 0) is 6.42 Å². The highest BCUT2D eigenvalue weighted by Crippen LogP contribution is 2.25. The van der Waals surface area contributed by atoms with E-state index < -0.39 is 0 Å². The molecule has 0 aliphatic heterocycles. The first-order valence-electron chi connectivity index (χ1n) is 8.93. The third kappa shape index (κ3) is 3.34. The number of hydrogen-bond acceptors (Lipinski definition) is 5. The lowest BCUT2D eigenvalue weighted by Crippen LogP contribution is -2.17. The van der Waals surface area contributed by atoms with Gasteiger partial charge in [-0.2, -0.15) is 0 Å². The zero-order chi connectivity index (χ0) is 19.7. The maximum absolute atomic E-state index is 12.8. The van der Waals surface area contributed by atoms with Crippen LogP contribution in [0.4, 0.5) is 0 Å². The number of Topliss-reactive ketones (excluding diaryl/α,β-unsaturated/α-hetero) is 1. The van der Waals surface area contributed by atoms with E-state index in [-0.39, 0.29) is 17.1 Å². The summed E-state index contributed by atoms with van der Waals surface area (Å²) in [5.74, 6) is 0.0884. The van der Waals surface area contributed by atoms with Crippen LogP contribution in [0.2, 0.25) is 0 Å². The number of ketones is 1. The van der Waals surface area contributed by atoms with Crippen molar-refractivity contribution < 1.29 is 9.90 Å². The van der Waals surface area contributed by atoms with Crippen molar-refractivity contribution in [3.63, 3.8) is 0 Å². The van der Waals surface area contributed by atoms with Crippen molar-refractivity contribution >= 4 is 27.9 Å². The van der Waals surface area contributed by atoms with Crippen LogP contribution >= 0.6 is 11.3 Å². The molecule has 0 unspecified atom stereocenters. The van der Waals surface area contributed by atoms with Crippen molar-refractivity contribution in [2.75, 3.05) is 0 Å². The molecule has 2 aromatic carbocycles. The van der Waals surface area contributed by atoms with Gasteiger partial charge < -0.3 is 5.11 Å². The Morgan fingerprint density at radius 1 is 1.07 bits per heavy atom. The summed E-state index contributed by atoms with van der Waals surface area (Å²) in [7, 11) is 0. The maximum Gasteiger partial charge on any atom is 0.264 e. The lowest BCUT2D eigenvalue weighted by molar-refractivity contribution is 0.0986. The zero-order valence-electron chi connectivity index (χ0n) is 15.3. The Balaban J connectivity index is 1.64. The first-order chi connectivity index (χ1) is 13.5. The molecule has 4 aromatic rings. The summed E-state index contributed by atoms with van der Waals surface area (Å²) in [5.41, 5.74) is 1.47. The second kappa shape index (κ2) is 7.40. The van der Waals surface area contributed by atoms with E-state index in [4.69, 9.17) is 0 Å². The lowest BCUT2D eigenvalue weighted by Gasteiger charge is -2.04. The summed E-state index contributed by atoms with van der Waals surface area (Å²) >= 11 is 1.22. The van der Waals surface area contributed by atoms with Gasteiger partial charge in [0, 0.05) is 18.0 Å². The second-order valence-electron chi connectivity index (χ2n) is 6.55. The second-order valence-corrected chi connectivity index (χ2v) is 7.53. The number of thiazole rings is 1. The van der Waals surface area contributed by atoms with E-state index in [1.54, 1.807) is 37.4 Å². The Morgan fingerprint density at radius 3 is 2.64 bits per heavy atom. The number of aromatic nitrogens is 2. The molecule has 4 rings (SSSR count). The van der Waals surface area contributed by atoms with Gasteiger partial charge in [-0.05, 0) is 37.1 Å². The molecule has 0 bridgehead atoms. The molecule has 2 heterocycles. The molecule has 2 aromatic heterocycles.